The molecule has 1 fully saturated rings. The number of nitrogens with zero attached hydrogens (tertiary/aromatic N) is 2. The fourth-order valence-electron chi connectivity index (χ4n) is 2.54. The zero-order valence-electron chi connectivity index (χ0n) is 12.2. The van der Waals surface area contributed by atoms with Crippen LogP contribution in [0.4, 0.5) is 20.3 Å². The van der Waals surface area contributed by atoms with E-state index in [2.05, 4.69) is 9.71 Å². The third-order valence-electron chi connectivity index (χ3n) is 3.58. The molecule has 1 aliphatic rings. The normalized spacial score (nSPS) is 15.0. The first-order valence-corrected chi connectivity index (χ1v) is 8.63. The first kappa shape index (κ1) is 15.7. The van der Waals surface area contributed by atoms with Crippen LogP contribution in [0.3, 0.4) is 0 Å². The average Bonchev–Trinajstić information content (AvgIpc) is 3.00. The second kappa shape index (κ2) is 6.11. The van der Waals surface area contributed by atoms with Crippen molar-refractivity contribution >= 4 is 21.5 Å². The van der Waals surface area contributed by atoms with Crippen LogP contribution in [0, 0.1) is 11.6 Å². The maximum Gasteiger partial charge on any atom is 0.262 e. The van der Waals surface area contributed by atoms with Gasteiger partial charge >= 0.3 is 0 Å². The molecule has 0 saturated carbocycles. The van der Waals surface area contributed by atoms with Crippen molar-refractivity contribution in [3.05, 3.63) is 48.2 Å². The summed E-state index contributed by atoms with van der Waals surface area (Å²) in [7, 11) is -4.11. The Morgan fingerprint density at radius 1 is 1.09 bits per heavy atom. The molecule has 1 aromatic heterocycles. The number of halogens is 2. The van der Waals surface area contributed by atoms with Crippen molar-refractivity contribution in [1.29, 1.82) is 0 Å². The Morgan fingerprint density at radius 3 is 2.39 bits per heavy atom. The Bertz CT molecular complexity index is 801. The molecule has 1 N–H and O–H groups in total. The van der Waals surface area contributed by atoms with Crippen molar-refractivity contribution in [3.8, 4) is 0 Å². The standard InChI is InChI=1S/C15H15F2N3O2S/c16-11-8-12(17)10-13(9-11)23(21,22)19-14-4-3-5-18-15(14)20-6-1-2-7-20/h3-5,8-10,19H,1-2,6-7H2. The van der Waals surface area contributed by atoms with Gasteiger partial charge in [0.1, 0.15) is 11.6 Å². The lowest BCUT2D eigenvalue weighted by Gasteiger charge is -2.20. The molecule has 0 bridgehead atoms. The van der Waals surface area contributed by atoms with E-state index >= 15 is 0 Å². The lowest BCUT2D eigenvalue weighted by molar-refractivity contribution is 0.568. The van der Waals surface area contributed by atoms with Crippen molar-refractivity contribution < 1.29 is 17.2 Å². The molecule has 1 aromatic carbocycles. The molecule has 0 amide bonds. The molecule has 3 rings (SSSR count). The van der Waals surface area contributed by atoms with Gasteiger partial charge in [-0.2, -0.15) is 0 Å². The summed E-state index contributed by atoms with van der Waals surface area (Å²) in [5, 5.41) is 0. The van der Waals surface area contributed by atoms with Crippen LogP contribution < -0.4 is 9.62 Å². The van der Waals surface area contributed by atoms with Gasteiger partial charge in [-0.15, -0.1) is 0 Å². The molecule has 5 nitrogen and oxygen atoms in total. The number of benzene rings is 1. The van der Waals surface area contributed by atoms with Crippen molar-refractivity contribution in [1.82, 2.24) is 4.98 Å². The van der Waals surface area contributed by atoms with E-state index in [0.29, 0.717) is 17.6 Å². The highest BCUT2D eigenvalue weighted by Gasteiger charge is 2.22. The minimum absolute atomic E-state index is 0.291. The van der Waals surface area contributed by atoms with Gasteiger partial charge in [-0.1, -0.05) is 0 Å². The maximum atomic E-state index is 13.3. The fraction of sp³-hybridized carbons (Fsp3) is 0.267. The fourth-order valence-corrected chi connectivity index (χ4v) is 3.65. The molecule has 122 valence electrons. The van der Waals surface area contributed by atoms with Gasteiger partial charge in [-0.3, -0.25) is 4.72 Å². The van der Waals surface area contributed by atoms with E-state index in [1.807, 2.05) is 4.90 Å². The van der Waals surface area contributed by atoms with Crippen molar-refractivity contribution in [2.45, 2.75) is 17.7 Å². The summed E-state index contributed by atoms with van der Waals surface area (Å²) in [6.07, 6.45) is 3.60. The van der Waals surface area contributed by atoms with Crippen LogP contribution >= 0.6 is 0 Å². The molecule has 1 aliphatic heterocycles. The molecular weight excluding hydrogens is 324 g/mol. The van der Waals surface area contributed by atoms with E-state index in [1.165, 1.54) is 0 Å². The van der Waals surface area contributed by atoms with Gasteiger partial charge in [0, 0.05) is 25.4 Å². The third-order valence-corrected chi connectivity index (χ3v) is 4.93. The zero-order chi connectivity index (χ0) is 16.4. The molecule has 2 heterocycles. The number of aromatic nitrogens is 1. The van der Waals surface area contributed by atoms with E-state index in [-0.39, 0.29) is 0 Å². The summed E-state index contributed by atoms with van der Waals surface area (Å²) in [6, 6.07) is 5.35. The number of anilines is 2. The van der Waals surface area contributed by atoms with Crippen LogP contribution in [0.2, 0.25) is 0 Å². The van der Waals surface area contributed by atoms with E-state index in [0.717, 1.165) is 38.1 Å². The summed E-state index contributed by atoms with van der Waals surface area (Å²) in [6.45, 7) is 1.58. The minimum Gasteiger partial charge on any atom is -0.355 e. The Labute approximate surface area is 133 Å². The number of pyridine rings is 1. The number of sulfonamides is 1. The number of hydrogen-bond donors (Lipinski definition) is 1. The molecule has 2 aromatic rings. The quantitative estimate of drug-likeness (QED) is 0.930. The predicted octanol–water partition coefficient (Wildman–Crippen LogP) is 2.76. The van der Waals surface area contributed by atoms with E-state index < -0.39 is 26.6 Å². The molecule has 0 aliphatic carbocycles. The van der Waals surface area contributed by atoms with E-state index in [9.17, 15) is 17.2 Å². The summed E-state index contributed by atoms with van der Waals surface area (Å²) in [5.74, 6) is -1.38. The topological polar surface area (TPSA) is 62.3 Å². The van der Waals surface area contributed by atoms with Crippen LogP contribution in [-0.4, -0.2) is 26.5 Å². The maximum absolute atomic E-state index is 13.3. The minimum atomic E-state index is -4.11. The lowest BCUT2D eigenvalue weighted by atomic mass is 10.3. The zero-order valence-corrected chi connectivity index (χ0v) is 13.0. The summed E-state index contributed by atoms with van der Waals surface area (Å²) in [4.78, 5) is 5.73. The number of nitrogens with one attached hydrogen (secondary N) is 1. The Hall–Kier alpha value is -2.22. The molecule has 8 heteroatoms. The molecular formula is C15H15F2N3O2S. The monoisotopic (exact) mass is 339 g/mol. The first-order chi connectivity index (χ1) is 11.0. The van der Waals surface area contributed by atoms with Gasteiger partial charge in [-0.05, 0) is 37.1 Å². The van der Waals surface area contributed by atoms with Gasteiger partial charge in [0.25, 0.3) is 10.0 Å². The Kier molecular flexibility index (Phi) is 4.16. The van der Waals surface area contributed by atoms with Crippen LogP contribution in [0.15, 0.2) is 41.4 Å². The molecule has 0 atom stereocenters. The van der Waals surface area contributed by atoms with Crippen molar-refractivity contribution in [2.24, 2.45) is 0 Å². The Morgan fingerprint density at radius 2 is 1.74 bits per heavy atom. The second-order valence-corrected chi connectivity index (χ2v) is 6.96. The molecule has 0 spiro atoms. The average molecular weight is 339 g/mol. The molecule has 23 heavy (non-hydrogen) atoms. The summed E-state index contributed by atoms with van der Waals surface area (Å²) >= 11 is 0. The van der Waals surface area contributed by atoms with Gasteiger partial charge in [0.05, 0.1) is 10.6 Å². The van der Waals surface area contributed by atoms with Crippen molar-refractivity contribution in [3.63, 3.8) is 0 Å². The van der Waals surface area contributed by atoms with Crippen LogP contribution in [0.5, 0.6) is 0 Å². The van der Waals surface area contributed by atoms with Gasteiger partial charge in [-0.25, -0.2) is 22.2 Å². The van der Waals surface area contributed by atoms with Crippen LogP contribution in [0.1, 0.15) is 12.8 Å². The highest BCUT2D eigenvalue weighted by Crippen LogP contribution is 2.28. The van der Waals surface area contributed by atoms with Crippen LogP contribution in [0.25, 0.3) is 0 Å². The smallest absolute Gasteiger partial charge is 0.262 e. The first-order valence-electron chi connectivity index (χ1n) is 7.14. The lowest BCUT2D eigenvalue weighted by Crippen LogP contribution is -2.22. The molecule has 1 saturated heterocycles. The van der Waals surface area contributed by atoms with Gasteiger partial charge < -0.3 is 4.90 Å². The highest BCUT2D eigenvalue weighted by atomic mass is 32.2. The molecule has 0 radical (unpaired) electrons. The predicted molar refractivity (Wildman–Crippen MR) is 82.9 cm³/mol. The SMILES string of the molecule is O=S(=O)(Nc1cccnc1N1CCCC1)c1cc(F)cc(F)c1. The summed E-state index contributed by atoms with van der Waals surface area (Å²) < 4.78 is 53.7. The Balaban J connectivity index is 1.94. The third kappa shape index (κ3) is 3.42. The summed E-state index contributed by atoms with van der Waals surface area (Å²) in [5.41, 5.74) is 0.291. The van der Waals surface area contributed by atoms with E-state index in [1.54, 1.807) is 18.3 Å². The van der Waals surface area contributed by atoms with Crippen LogP contribution in [-0.2, 0) is 10.0 Å². The van der Waals surface area contributed by atoms with Gasteiger partial charge in [0.2, 0.25) is 0 Å². The highest BCUT2D eigenvalue weighted by molar-refractivity contribution is 7.92. The molecule has 0 unspecified atom stereocenters. The largest absolute Gasteiger partial charge is 0.355 e. The van der Waals surface area contributed by atoms with Gasteiger partial charge in [0.15, 0.2) is 5.82 Å². The number of rotatable bonds is 4. The van der Waals surface area contributed by atoms with E-state index in [4.69, 9.17) is 0 Å². The number of hydrogen-bond acceptors (Lipinski definition) is 4. The van der Waals surface area contributed by atoms with Crippen molar-refractivity contribution in [2.75, 3.05) is 22.7 Å². The second-order valence-electron chi connectivity index (χ2n) is 5.28.